The molecule has 13 aromatic rings. The van der Waals surface area contributed by atoms with Crippen molar-refractivity contribution in [2.24, 2.45) is 0 Å². The zero-order chi connectivity index (χ0) is 98.3. The van der Waals surface area contributed by atoms with Crippen molar-refractivity contribution >= 4 is 23.6 Å². The summed E-state index contributed by atoms with van der Waals surface area (Å²) in [7, 11) is 2.91. The summed E-state index contributed by atoms with van der Waals surface area (Å²) in [4.78, 5) is 30.4. The highest BCUT2D eigenvalue weighted by Crippen LogP contribution is 2.41. The van der Waals surface area contributed by atoms with Gasteiger partial charge in [0, 0.05) is 25.6 Å². The number of hydrogen-bond acceptors (Lipinski definition) is 24. The SMILES string of the molecule is CO[C@@H]1O[C@H](COCc2ccccc2)[C@H](O[C@H]2O[C@H](COCc3ccccc3)[C@H](OCc3ccccc3)[C@H](OCc3ccccc3)[C@H]2OCc2ccccc2)[C@H](OCc2ccccc2)[C@H]1OC(=O)Nc1ccc(NC(=O)O[C@H]2[C@H](OC)O[C@H](COCc3ccccc3)[C@H](O[C@H]3O[C@H](COCc4ccccc4)[C@H](OCc4ccccc4)[C@H](OCc4ccccc4)[C@H]3OCc3ccccc3)[C@@H]2OCc2ccccc2)cc1. The second-order valence-corrected chi connectivity index (χ2v) is 35.5. The van der Waals surface area contributed by atoms with Gasteiger partial charge in [-0.15, -0.1) is 0 Å². The molecule has 26 heteroatoms. The predicted molar refractivity (Wildman–Crippen MR) is 537 cm³/mol. The fourth-order valence-corrected chi connectivity index (χ4v) is 17.8. The first kappa shape index (κ1) is 103. The molecule has 0 radical (unpaired) electrons. The van der Waals surface area contributed by atoms with E-state index in [0.29, 0.717) is 0 Å². The van der Waals surface area contributed by atoms with Crippen LogP contribution < -0.4 is 10.6 Å². The lowest BCUT2D eigenvalue weighted by molar-refractivity contribution is -0.372. The van der Waals surface area contributed by atoms with Gasteiger partial charge in [-0.2, -0.15) is 0 Å². The number of carbonyl (C=O) groups is 2. The van der Waals surface area contributed by atoms with Crippen molar-refractivity contribution in [3.05, 3.63) is 455 Å². The van der Waals surface area contributed by atoms with Crippen LogP contribution in [0.15, 0.2) is 388 Å². The van der Waals surface area contributed by atoms with Gasteiger partial charge in [-0.1, -0.05) is 364 Å². The second kappa shape index (κ2) is 55.1. The van der Waals surface area contributed by atoms with Crippen LogP contribution in [-0.2, 0) is 183 Å². The molecule has 144 heavy (non-hydrogen) atoms. The van der Waals surface area contributed by atoms with E-state index in [2.05, 4.69) is 10.6 Å². The molecule has 2 amide bonds. The van der Waals surface area contributed by atoms with E-state index in [1.54, 1.807) is 24.3 Å². The third-order valence-electron chi connectivity index (χ3n) is 25.1. The largest absolute Gasteiger partial charge is 0.438 e. The smallest absolute Gasteiger partial charge is 0.412 e. The Morgan fingerprint density at radius 1 is 0.201 bits per heavy atom. The van der Waals surface area contributed by atoms with Gasteiger partial charge in [0.2, 0.25) is 0 Å². The minimum absolute atomic E-state index is 0.00179. The van der Waals surface area contributed by atoms with Crippen LogP contribution in [0.3, 0.4) is 0 Å². The molecule has 0 bridgehead atoms. The van der Waals surface area contributed by atoms with E-state index >= 15 is 9.59 Å². The Morgan fingerprint density at radius 2 is 0.375 bits per heavy atom. The molecule has 13 aromatic carbocycles. The van der Waals surface area contributed by atoms with Crippen LogP contribution in [0.25, 0.3) is 0 Å². The lowest BCUT2D eigenvalue weighted by Gasteiger charge is -2.50. The molecule has 750 valence electrons. The molecule has 0 saturated carbocycles. The molecule has 4 saturated heterocycles. The Kier molecular flexibility index (Phi) is 39.4. The van der Waals surface area contributed by atoms with E-state index < -0.39 is 135 Å². The average molecular weight is 1950 g/mol. The van der Waals surface area contributed by atoms with Crippen molar-refractivity contribution in [3.8, 4) is 0 Å². The molecular weight excluding hydrogens is 1830 g/mol. The van der Waals surface area contributed by atoms with Crippen molar-refractivity contribution in [1.82, 2.24) is 0 Å². The summed E-state index contributed by atoms with van der Waals surface area (Å²) >= 11 is 0. The Morgan fingerprint density at radius 3 is 0.583 bits per heavy atom. The lowest BCUT2D eigenvalue weighted by Crippen LogP contribution is -2.66. The zero-order valence-corrected chi connectivity index (χ0v) is 80.6. The first-order valence-electron chi connectivity index (χ1n) is 48.9. The summed E-state index contributed by atoms with van der Waals surface area (Å²) in [5.41, 5.74) is 11.2. The molecule has 26 nitrogen and oxygen atoms in total. The summed E-state index contributed by atoms with van der Waals surface area (Å²) in [5, 5.41) is 5.83. The minimum Gasteiger partial charge on any atom is -0.438 e. The molecule has 4 fully saturated rings. The zero-order valence-electron chi connectivity index (χ0n) is 80.6. The van der Waals surface area contributed by atoms with Crippen molar-refractivity contribution < 1.29 is 114 Å². The van der Waals surface area contributed by atoms with E-state index in [1.165, 1.54) is 14.2 Å². The Labute approximate surface area is 841 Å². The molecule has 20 atom stereocenters. The fraction of sp³-hybridized carbons (Fsp3) is 0.322. The number of anilines is 2. The van der Waals surface area contributed by atoms with E-state index in [-0.39, 0.29) is 117 Å². The van der Waals surface area contributed by atoms with Crippen molar-refractivity contribution in [1.29, 1.82) is 0 Å². The summed E-state index contributed by atoms with van der Waals surface area (Å²) in [6.07, 6.45) is -24.2. The van der Waals surface area contributed by atoms with Crippen LogP contribution in [-0.4, -0.2) is 176 Å². The fourth-order valence-electron chi connectivity index (χ4n) is 17.8. The molecular formula is C118H124N2O24. The third-order valence-corrected chi connectivity index (χ3v) is 25.1. The number of carbonyl (C=O) groups excluding carboxylic acids is 2. The quantitative estimate of drug-likeness (QED) is 0.0359. The van der Waals surface area contributed by atoms with E-state index in [1.807, 2.05) is 364 Å². The van der Waals surface area contributed by atoms with Crippen LogP contribution >= 0.6 is 0 Å². The normalized spacial score (nSPS) is 24.2. The summed E-state index contributed by atoms with van der Waals surface area (Å²) < 4.78 is 154. The number of rotatable bonds is 50. The lowest BCUT2D eigenvalue weighted by atomic mass is 9.95. The minimum atomic E-state index is -1.39. The number of ether oxygens (including phenoxy) is 22. The van der Waals surface area contributed by atoms with Gasteiger partial charge < -0.3 is 104 Å². The average Bonchev–Trinajstić information content (AvgIpc) is 0.767. The van der Waals surface area contributed by atoms with Gasteiger partial charge >= 0.3 is 12.2 Å². The van der Waals surface area contributed by atoms with Crippen LogP contribution in [0.4, 0.5) is 21.0 Å². The van der Waals surface area contributed by atoms with Crippen molar-refractivity contribution in [2.75, 3.05) is 51.3 Å². The maximum Gasteiger partial charge on any atom is 0.412 e. The molecule has 2 N–H and O–H groups in total. The summed E-state index contributed by atoms with van der Waals surface area (Å²) in [5.74, 6) is 0. The number of amides is 2. The van der Waals surface area contributed by atoms with Crippen LogP contribution in [0.2, 0.25) is 0 Å². The first-order chi connectivity index (χ1) is 71.1. The summed E-state index contributed by atoms with van der Waals surface area (Å²) in [6, 6.07) is 124. The molecule has 4 aliphatic rings. The van der Waals surface area contributed by atoms with Gasteiger partial charge in [0.05, 0.1) is 106 Å². The molecule has 4 heterocycles. The maximum atomic E-state index is 15.2. The van der Waals surface area contributed by atoms with Crippen molar-refractivity contribution in [3.63, 3.8) is 0 Å². The highest BCUT2D eigenvalue weighted by Gasteiger charge is 2.58. The molecule has 17 rings (SSSR count). The molecule has 0 aliphatic carbocycles. The third kappa shape index (κ3) is 30.4. The topological polar surface area (TPSA) is 261 Å². The van der Waals surface area contributed by atoms with Crippen LogP contribution in [0.1, 0.15) is 66.8 Å². The summed E-state index contributed by atoms with van der Waals surface area (Å²) in [6.45, 7) is 1.60. The van der Waals surface area contributed by atoms with Gasteiger partial charge in [0.25, 0.3) is 0 Å². The highest BCUT2D eigenvalue weighted by molar-refractivity contribution is 5.87. The van der Waals surface area contributed by atoms with Gasteiger partial charge in [-0.25, -0.2) is 9.59 Å². The molecule has 0 aromatic heterocycles. The van der Waals surface area contributed by atoms with Gasteiger partial charge in [0.1, 0.15) is 85.5 Å². The van der Waals surface area contributed by atoms with E-state index in [9.17, 15) is 0 Å². The monoisotopic (exact) mass is 1950 g/mol. The Balaban J connectivity index is 0.666. The number of methoxy groups -OCH3 is 2. The standard InChI is InChI=1S/C118H124N2O24/c1-123-113-111(107(133-75-91-55-31-11-32-56-91)103(99(137-113)81-127-69-85-43-19-5-20-44-85)141-115-109(135-77-93-59-35-13-36-60-93)105(131-73-89-51-27-9-28-52-89)101(129-71-87-47-23-7-24-48-87)97(139-115)79-125-67-83-39-15-3-16-40-83)143-117(121)119-95-63-65-96(66-64-95)120-118(122)144-112-108(134-76-92-57-33-12-34-58-92)104(100(138-114(112)124-2)82-128-70-86-45-21-6-22-46-86)142-116-110(136-78-94-61-37-14-38-62-94)106(132-74-90-53-29-10-30-54-90)102(130-72-88-49-25-8-26-50-88)98(140-116)80-126-68-84-41-17-4-18-42-84/h3-66,97-116H,67-82H2,1-2H3,(H,119,121)(H,120,122)/t97-,98-,99-,100-,101+,102+,103+,104+,105+,106+,107+,108+,109-,110-,111-,112-,113-,114-,115-,116-/m1/s1. The second-order valence-electron chi connectivity index (χ2n) is 35.5. The van der Waals surface area contributed by atoms with Crippen molar-refractivity contribution in [2.45, 2.75) is 202 Å². The van der Waals surface area contributed by atoms with E-state index in [0.717, 1.165) is 66.8 Å². The highest BCUT2D eigenvalue weighted by atomic mass is 16.8. The van der Waals surface area contributed by atoms with Gasteiger partial charge in [-0.05, 0) is 91.0 Å². The number of benzene rings is 13. The first-order valence-corrected chi connectivity index (χ1v) is 48.9. The van der Waals surface area contributed by atoms with Crippen LogP contribution in [0, 0.1) is 0 Å². The van der Waals surface area contributed by atoms with Crippen LogP contribution in [0.5, 0.6) is 0 Å². The number of nitrogens with one attached hydrogen (secondary N) is 2. The predicted octanol–water partition coefficient (Wildman–Crippen LogP) is 20.0. The van der Waals surface area contributed by atoms with Gasteiger partial charge in [-0.3, -0.25) is 10.6 Å². The molecule has 0 unspecified atom stereocenters. The van der Waals surface area contributed by atoms with Gasteiger partial charge in [0.15, 0.2) is 37.4 Å². The Bertz CT molecular complexity index is 5450. The Hall–Kier alpha value is -12.4. The maximum absolute atomic E-state index is 15.2. The number of hydrogen-bond donors (Lipinski definition) is 2. The molecule has 4 aliphatic heterocycles. The van der Waals surface area contributed by atoms with E-state index in [4.69, 9.17) is 104 Å². The molecule has 0 spiro atoms.